The van der Waals surface area contributed by atoms with E-state index in [9.17, 15) is 9.59 Å². The predicted molar refractivity (Wildman–Crippen MR) is 58.4 cm³/mol. The SMILES string of the molecule is CCOC(=O)Cc1cn2c(=O)cccc2[nH]1. The molecule has 0 unspecified atom stereocenters. The summed E-state index contributed by atoms with van der Waals surface area (Å²) in [6, 6.07) is 4.91. The number of imidazole rings is 1. The summed E-state index contributed by atoms with van der Waals surface area (Å²) in [7, 11) is 0. The third kappa shape index (κ3) is 1.98. The summed E-state index contributed by atoms with van der Waals surface area (Å²) in [5, 5.41) is 0. The topological polar surface area (TPSA) is 63.6 Å². The van der Waals surface area contributed by atoms with Crippen LogP contribution >= 0.6 is 0 Å². The molecule has 2 aromatic heterocycles. The standard InChI is InChI=1S/C11H12N2O3/c1-2-16-11(15)6-8-7-13-9(12-8)4-3-5-10(13)14/h3-5,7,12H,2,6H2,1H3. The lowest BCUT2D eigenvalue weighted by atomic mass is 10.3. The van der Waals surface area contributed by atoms with Gasteiger partial charge in [-0.1, -0.05) is 6.07 Å². The Hall–Kier alpha value is -2.04. The maximum atomic E-state index is 11.4. The van der Waals surface area contributed by atoms with Gasteiger partial charge in [-0.05, 0) is 13.0 Å². The molecule has 0 radical (unpaired) electrons. The summed E-state index contributed by atoms with van der Waals surface area (Å²) in [6.07, 6.45) is 1.77. The van der Waals surface area contributed by atoms with Gasteiger partial charge in [-0.3, -0.25) is 14.0 Å². The molecule has 16 heavy (non-hydrogen) atoms. The van der Waals surface area contributed by atoms with Crippen LogP contribution in [0.15, 0.2) is 29.2 Å². The summed E-state index contributed by atoms with van der Waals surface area (Å²) < 4.78 is 6.29. The second kappa shape index (κ2) is 4.22. The highest BCUT2D eigenvalue weighted by Crippen LogP contribution is 2.03. The van der Waals surface area contributed by atoms with Crippen LogP contribution in [0.1, 0.15) is 12.6 Å². The Morgan fingerprint density at radius 1 is 1.50 bits per heavy atom. The first-order chi connectivity index (χ1) is 7.70. The average molecular weight is 220 g/mol. The first-order valence-corrected chi connectivity index (χ1v) is 5.05. The molecule has 84 valence electrons. The second-order valence-corrected chi connectivity index (χ2v) is 3.38. The second-order valence-electron chi connectivity index (χ2n) is 3.38. The fourth-order valence-electron chi connectivity index (χ4n) is 1.55. The van der Waals surface area contributed by atoms with E-state index >= 15 is 0 Å². The molecular weight excluding hydrogens is 208 g/mol. The van der Waals surface area contributed by atoms with Crippen LogP contribution in [-0.4, -0.2) is 22.0 Å². The Bertz CT molecular complexity index is 568. The van der Waals surface area contributed by atoms with Crippen LogP contribution in [0.3, 0.4) is 0 Å². The highest BCUT2D eigenvalue weighted by Gasteiger charge is 2.07. The van der Waals surface area contributed by atoms with Crippen LogP contribution in [0.25, 0.3) is 5.65 Å². The summed E-state index contributed by atoms with van der Waals surface area (Å²) in [5.74, 6) is -0.304. The monoisotopic (exact) mass is 220 g/mol. The predicted octanol–water partition coefficient (Wildman–Crippen LogP) is 0.733. The van der Waals surface area contributed by atoms with E-state index in [0.29, 0.717) is 17.9 Å². The molecular formula is C11H12N2O3. The summed E-state index contributed by atoms with van der Waals surface area (Å²) in [5.41, 5.74) is 1.22. The van der Waals surface area contributed by atoms with Gasteiger partial charge in [0.15, 0.2) is 0 Å². The Labute approximate surface area is 91.7 Å². The maximum Gasteiger partial charge on any atom is 0.311 e. The molecule has 2 heterocycles. The molecule has 5 nitrogen and oxygen atoms in total. The van der Waals surface area contributed by atoms with E-state index in [1.54, 1.807) is 25.3 Å². The van der Waals surface area contributed by atoms with Gasteiger partial charge in [0, 0.05) is 18.0 Å². The fraction of sp³-hybridized carbons (Fsp3) is 0.273. The van der Waals surface area contributed by atoms with Crippen molar-refractivity contribution in [3.63, 3.8) is 0 Å². The summed E-state index contributed by atoms with van der Waals surface area (Å²) in [4.78, 5) is 25.7. The number of fused-ring (bicyclic) bond motifs is 1. The van der Waals surface area contributed by atoms with Gasteiger partial charge < -0.3 is 9.72 Å². The lowest BCUT2D eigenvalue weighted by molar-refractivity contribution is -0.142. The van der Waals surface area contributed by atoms with Crippen molar-refractivity contribution in [2.75, 3.05) is 6.61 Å². The molecule has 0 atom stereocenters. The van der Waals surface area contributed by atoms with Crippen molar-refractivity contribution in [3.05, 3.63) is 40.4 Å². The highest BCUT2D eigenvalue weighted by molar-refractivity contribution is 5.72. The minimum absolute atomic E-state index is 0.121. The van der Waals surface area contributed by atoms with E-state index in [1.165, 1.54) is 10.5 Å². The number of H-pyrrole nitrogens is 1. The van der Waals surface area contributed by atoms with E-state index in [4.69, 9.17) is 4.74 Å². The molecule has 0 aromatic carbocycles. The van der Waals surface area contributed by atoms with Crippen LogP contribution in [0.5, 0.6) is 0 Å². The van der Waals surface area contributed by atoms with E-state index in [2.05, 4.69) is 4.98 Å². The number of ether oxygens (including phenoxy) is 1. The van der Waals surface area contributed by atoms with Crippen LogP contribution in [-0.2, 0) is 16.0 Å². The van der Waals surface area contributed by atoms with Gasteiger partial charge in [-0.25, -0.2) is 0 Å². The molecule has 1 N–H and O–H groups in total. The summed E-state index contributed by atoms with van der Waals surface area (Å²) in [6.45, 7) is 2.12. The third-order valence-corrected chi connectivity index (χ3v) is 2.20. The van der Waals surface area contributed by atoms with Crippen LogP contribution < -0.4 is 5.56 Å². The van der Waals surface area contributed by atoms with Crippen molar-refractivity contribution in [3.8, 4) is 0 Å². The van der Waals surface area contributed by atoms with Gasteiger partial charge in [0.25, 0.3) is 5.56 Å². The average Bonchev–Trinajstić information content (AvgIpc) is 2.62. The fourth-order valence-corrected chi connectivity index (χ4v) is 1.55. The number of nitrogens with zero attached hydrogens (tertiary/aromatic N) is 1. The van der Waals surface area contributed by atoms with Crippen molar-refractivity contribution >= 4 is 11.6 Å². The maximum absolute atomic E-state index is 11.4. The van der Waals surface area contributed by atoms with Crippen molar-refractivity contribution in [2.24, 2.45) is 0 Å². The van der Waals surface area contributed by atoms with Crippen molar-refractivity contribution in [1.82, 2.24) is 9.38 Å². The van der Waals surface area contributed by atoms with E-state index in [0.717, 1.165) is 0 Å². The zero-order valence-electron chi connectivity index (χ0n) is 8.90. The number of carbonyl (C=O) groups excluding carboxylic acids is 1. The van der Waals surface area contributed by atoms with Gasteiger partial charge in [0.2, 0.25) is 0 Å². The minimum atomic E-state index is -0.304. The van der Waals surface area contributed by atoms with E-state index in [-0.39, 0.29) is 17.9 Å². The zero-order chi connectivity index (χ0) is 11.5. The molecule has 0 spiro atoms. The van der Waals surface area contributed by atoms with Gasteiger partial charge >= 0.3 is 5.97 Å². The summed E-state index contributed by atoms with van der Waals surface area (Å²) >= 11 is 0. The molecule has 2 rings (SSSR count). The molecule has 0 aliphatic carbocycles. The molecule has 0 amide bonds. The Morgan fingerprint density at radius 3 is 3.00 bits per heavy atom. The number of pyridine rings is 1. The molecule has 2 aromatic rings. The Kier molecular flexibility index (Phi) is 2.76. The van der Waals surface area contributed by atoms with Gasteiger partial charge in [-0.15, -0.1) is 0 Å². The first-order valence-electron chi connectivity index (χ1n) is 5.05. The number of esters is 1. The van der Waals surface area contributed by atoms with Crippen LogP contribution in [0, 0.1) is 0 Å². The van der Waals surface area contributed by atoms with Crippen molar-refractivity contribution in [1.29, 1.82) is 0 Å². The lowest BCUT2D eigenvalue weighted by Crippen LogP contribution is -2.09. The minimum Gasteiger partial charge on any atom is -0.466 e. The van der Waals surface area contributed by atoms with Gasteiger partial charge in [0.1, 0.15) is 5.65 Å². The lowest BCUT2D eigenvalue weighted by Gasteiger charge is -1.98. The molecule has 0 saturated carbocycles. The number of aromatic amines is 1. The number of rotatable bonds is 3. The van der Waals surface area contributed by atoms with Crippen molar-refractivity contribution < 1.29 is 9.53 Å². The zero-order valence-corrected chi connectivity index (χ0v) is 8.90. The first kappa shape index (κ1) is 10.5. The number of carbonyl (C=O) groups is 1. The Morgan fingerprint density at radius 2 is 2.31 bits per heavy atom. The smallest absolute Gasteiger partial charge is 0.311 e. The largest absolute Gasteiger partial charge is 0.466 e. The number of aromatic nitrogens is 2. The normalized spacial score (nSPS) is 10.6. The van der Waals surface area contributed by atoms with Crippen LogP contribution in [0.4, 0.5) is 0 Å². The Balaban J connectivity index is 2.30. The molecule has 0 bridgehead atoms. The van der Waals surface area contributed by atoms with E-state index < -0.39 is 0 Å². The van der Waals surface area contributed by atoms with E-state index in [1.807, 2.05) is 0 Å². The molecule has 0 aliphatic heterocycles. The molecule has 0 aliphatic rings. The molecule has 5 heteroatoms. The third-order valence-electron chi connectivity index (χ3n) is 2.20. The van der Waals surface area contributed by atoms with Crippen LogP contribution in [0.2, 0.25) is 0 Å². The van der Waals surface area contributed by atoms with Gasteiger partial charge in [0.05, 0.1) is 13.0 Å². The number of hydrogen-bond donors (Lipinski definition) is 1. The molecule has 0 fully saturated rings. The number of nitrogens with one attached hydrogen (secondary N) is 1. The quantitative estimate of drug-likeness (QED) is 0.776. The van der Waals surface area contributed by atoms with Gasteiger partial charge in [-0.2, -0.15) is 0 Å². The molecule has 0 saturated heterocycles. The number of hydrogen-bond acceptors (Lipinski definition) is 3. The highest BCUT2D eigenvalue weighted by atomic mass is 16.5. The van der Waals surface area contributed by atoms with Crippen molar-refractivity contribution in [2.45, 2.75) is 13.3 Å².